The Balaban J connectivity index is 1.52. The van der Waals surface area contributed by atoms with Gasteiger partial charge >= 0.3 is 0 Å². The molecule has 12 heteroatoms. The van der Waals surface area contributed by atoms with Gasteiger partial charge in [-0.15, -0.1) is 0 Å². The highest BCUT2D eigenvalue weighted by atomic mass is 15.1. The summed E-state index contributed by atoms with van der Waals surface area (Å²) in [5.74, 6) is 3.30. The minimum Gasteiger partial charge on any atom is -0.354 e. The van der Waals surface area contributed by atoms with Crippen LogP contribution in [0.15, 0.2) is 24.3 Å². The number of hydrogen-bond donors (Lipinski definition) is 2. The fourth-order valence-electron chi connectivity index (χ4n) is 7.91. The molecule has 0 aromatic carbocycles. The maximum atomic E-state index is 5.43. The summed E-state index contributed by atoms with van der Waals surface area (Å²) < 4.78 is 8.57. The van der Waals surface area contributed by atoms with Crippen molar-refractivity contribution in [3.63, 3.8) is 0 Å². The van der Waals surface area contributed by atoms with Crippen molar-refractivity contribution in [1.82, 2.24) is 58.1 Å². The van der Waals surface area contributed by atoms with Crippen LogP contribution in [0.4, 0.5) is 0 Å². The molecule has 0 spiro atoms. The smallest absolute Gasteiger partial charge is 0.144 e. The Hall–Kier alpha value is -6.56. The molecule has 2 aliphatic rings. The zero-order valence-corrected chi connectivity index (χ0v) is 34.1. The van der Waals surface area contributed by atoms with E-state index in [-0.39, 0.29) is 0 Å². The van der Waals surface area contributed by atoms with Gasteiger partial charge in [-0.05, 0) is 104 Å². The molecule has 282 valence electrons. The van der Waals surface area contributed by atoms with Crippen LogP contribution in [-0.4, -0.2) is 58.1 Å². The Kier molecular flexibility index (Phi) is 7.84. The topological polar surface area (TPSA) is 129 Å². The number of imidazole rings is 4. The lowest BCUT2D eigenvalue weighted by atomic mass is 10.1. The Morgan fingerprint density at radius 1 is 0.339 bits per heavy atom. The van der Waals surface area contributed by atoms with Gasteiger partial charge < -0.3 is 28.2 Å². The van der Waals surface area contributed by atoms with Crippen LogP contribution in [0.1, 0.15) is 68.3 Å². The molecule has 8 bridgehead atoms. The average Bonchev–Trinajstić information content (AvgIpc) is 4.07. The predicted molar refractivity (Wildman–Crippen MR) is 226 cm³/mol. The van der Waals surface area contributed by atoms with Crippen molar-refractivity contribution in [2.75, 3.05) is 0 Å². The van der Waals surface area contributed by atoms with Gasteiger partial charge in [0.05, 0.1) is 89.9 Å². The van der Waals surface area contributed by atoms with E-state index in [0.717, 1.165) is 136 Å². The van der Waals surface area contributed by atoms with E-state index in [4.69, 9.17) is 29.9 Å². The summed E-state index contributed by atoms with van der Waals surface area (Å²) in [6, 6.07) is 8.47. The molecular weight excluding hydrogens is 697 g/mol. The van der Waals surface area contributed by atoms with Gasteiger partial charge in [0.1, 0.15) is 23.3 Å². The van der Waals surface area contributed by atoms with Crippen molar-refractivity contribution in [2.24, 2.45) is 28.2 Å². The molecule has 2 N–H and O–H groups in total. The van der Waals surface area contributed by atoms with Crippen molar-refractivity contribution in [3.05, 3.63) is 92.6 Å². The van der Waals surface area contributed by atoms with Gasteiger partial charge in [0.25, 0.3) is 0 Å². The zero-order chi connectivity index (χ0) is 39.5. The second kappa shape index (κ2) is 12.5. The average molecular weight is 743 g/mol. The summed E-state index contributed by atoms with van der Waals surface area (Å²) in [6.07, 6.45) is 8.36. The van der Waals surface area contributed by atoms with Gasteiger partial charge in [0.2, 0.25) is 0 Å². The van der Waals surface area contributed by atoms with E-state index in [0.29, 0.717) is 0 Å². The predicted octanol–water partition coefficient (Wildman–Crippen LogP) is 8.72. The molecule has 0 radical (unpaired) electrons. The minimum atomic E-state index is 0.797. The summed E-state index contributed by atoms with van der Waals surface area (Å²) in [5, 5.41) is 0. The lowest BCUT2D eigenvalue weighted by Crippen LogP contribution is -1.99. The highest BCUT2D eigenvalue weighted by molar-refractivity contribution is 5.98. The first kappa shape index (κ1) is 35.2. The lowest BCUT2D eigenvalue weighted by molar-refractivity contribution is 0.879. The number of nitrogens with one attached hydrogen (secondary N) is 2. The van der Waals surface area contributed by atoms with Gasteiger partial charge in [0, 0.05) is 51.0 Å². The van der Waals surface area contributed by atoms with E-state index in [9.17, 15) is 0 Å². The minimum absolute atomic E-state index is 0.797. The molecule has 0 fully saturated rings. The molecule has 9 rings (SSSR count). The van der Waals surface area contributed by atoms with Crippen LogP contribution in [0, 0.1) is 55.4 Å². The molecule has 0 saturated heterocycles. The van der Waals surface area contributed by atoms with E-state index in [1.807, 2.05) is 0 Å². The van der Waals surface area contributed by atoms with Gasteiger partial charge in [-0.1, -0.05) is 0 Å². The number of H-pyrrole nitrogens is 2. The monoisotopic (exact) mass is 742 g/mol. The van der Waals surface area contributed by atoms with Gasteiger partial charge in [0.15, 0.2) is 0 Å². The molecule has 2 aliphatic heterocycles. The molecule has 0 atom stereocenters. The van der Waals surface area contributed by atoms with Crippen molar-refractivity contribution in [2.45, 2.75) is 55.4 Å². The third-order valence-electron chi connectivity index (χ3n) is 12.1. The summed E-state index contributed by atoms with van der Waals surface area (Å²) in [4.78, 5) is 38.9. The van der Waals surface area contributed by atoms with Crippen molar-refractivity contribution in [3.8, 4) is 45.6 Å². The van der Waals surface area contributed by atoms with Gasteiger partial charge in [-0.25, -0.2) is 29.9 Å². The highest BCUT2D eigenvalue weighted by Crippen LogP contribution is 2.38. The number of aryl methyl sites for hydroxylation is 4. The second-order valence-electron chi connectivity index (χ2n) is 15.2. The summed E-state index contributed by atoms with van der Waals surface area (Å²) in [6.45, 7) is 16.6. The zero-order valence-electron chi connectivity index (χ0n) is 34.1. The van der Waals surface area contributed by atoms with E-state index >= 15 is 0 Å². The molecule has 0 unspecified atom stereocenters. The third-order valence-corrected chi connectivity index (χ3v) is 12.1. The Morgan fingerprint density at radius 3 is 0.732 bits per heavy atom. The maximum Gasteiger partial charge on any atom is 0.144 e. The maximum absolute atomic E-state index is 5.43. The van der Waals surface area contributed by atoms with Crippen LogP contribution in [-0.2, 0) is 28.2 Å². The van der Waals surface area contributed by atoms with E-state index < -0.39 is 0 Å². The first-order valence-electron chi connectivity index (χ1n) is 18.9. The number of hydrogen-bond acceptors (Lipinski definition) is 6. The normalized spacial score (nSPS) is 12.5. The summed E-state index contributed by atoms with van der Waals surface area (Å²) in [5.41, 5.74) is 18.5. The second-order valence-corrected chi connectivity index (χ2v) is 15.2. The molecule has 0 aliphatic carbocycles. The molecule has 12 nitrogen and oxygen atoms in total. The summed E-state index contributed by atoms with van der Waals surface area (Å²) in [7, 11) is 8.25. The molecule has 7 aromatic heterocycles. The number of fused-ring (bicyclic) bond motifs is 8. The molecule has 0 saturated carbocycles. The van der Waals surface area contributed by atoms with E-state index in [1.165, 1.54) is 0 Å². The first-order valence-corrected chi connectivity index (χ1v) is 18.9. The van der Waals surface area contributed by atoms with E-state index in [1.54, 1.807) is 0 Å². The van der Waals surface area contributed by atoms with Crippen molar-refractivity contribution < 1.29 is 0 Å². The standard InChI is InChI=1S/C44H46N12/c1-21-25(5)53(9)41(45-21)37-29-13-15-31(49-29)38(42-46-22(2)26(6)54(42)10)33-17-19-35(51-33)40(44-48-24(4)28(8)56(44)12)36-20-18-34(52-36)39(32-16-14-30(37)50-32)43-47-23(3)27(7)55(43)11/h13-20,49,52H,1-12H3. The van der Waals surface area contributed by atoms with E-state index in [2.05, 4.69) is 160 Å². The quantitative estimate of drug-likeness (QED) is 0.186. The fraction of sp³-hybridized carbons (Fsp3) is 0.273. The number of aromatic nitrogens is 12. The van der Waals surface area contributed by atoms with Crippen LogP contribution in [0.3, 0.4) is 0 Å². The summed E-state index contributed by atoms with van der Waals surface area (Å²) >= 11 is 0. The Labute approximate surface area is 325 Å². The van der Waals surface area contributed by atoms with Gasteiger partial charge in [-0.2, -0.15) is 0 Å². The van der Waals surface area contributed by atoms with Gasteiger partial charge in [-0.3, -0.25) is 0 Å². The molecular formula is C44H46N12. The fourth-order valence-corrected chi connectivity index (χ4v) is 7.91. The number of aromatic amines is 2. The molecule has 7 aromatic rings. The molecule has 56 heavy (non-hydrogen) atoms. The Morgan fingerprint density at radius 2 is 0.554 bits per heavy atom. The lowest BCUT2D eigenvalue weighted by Gasteiger charge is -2.08. The SMILES string of the molecule is Cc1nc(-c2c3nc(c(-c4nc(C)c(C)n4C)c4ccc([nH]4)c(-c4nc(C)c(C)n4C)c4nc(c(-c5nc(C)c(C)n5C)c5ccc2[nH]5)C=C4)C=C3)n(C)c1C. The number of rotatable bonds is 4. The van der Waals surface area contributed by atoms with Crippen LogP contribution in [0.5, 0.6) is 0 Å². The number of nitrogens with zero attached hydrogens (tertiary/aromatic N) is 10. The molecule has 0 amide bonds. The van der Waals surface area contributed by atoms with Crippen LogP contribution in [0.25, 0.3) is 91.9 Å². The third kappa shape index (κ3) is 5.11. The van der Waals surface area contributed by atoms with Crippen molar-refractivity contribution >= 4 is 46.4 Å². The first-order chi connectivity index (χ1) is 26.7. The van der Waals surface area contributed by atoms with Crippen molar-refractivity contribution in [1.29, 1.82) is 0 Å². The Bertz CT molecular complexity index is 2650. The van der Waals surface area contributed by atoms with Crippen LogP contribution < -0.4 is 0 Å². The van der Waals surface area contributed by atoms with Crippen LogP contribution in [0.2, 0.25) is 0 Å². The highest BCUT2D eigenvalue weighted by Gasteiger charge is 2.25. The van der Waals surface area contributed by atoms with Crippen LogP contribution >= 0.6 is 0 Å². The molecule has 9 heterocycles. The largest absolute Gasteiger partial charge is 0.354 e.